The number of nitrogens with zero attached hydrogens (tertiary/aromatic N) is 2. The molecule has 0 spiro atoms. The Hall–Kier alpha value is -1.66. The van der Waals surface area contributed by atoms with E-state index in [9.17, 15) is 0 Å². The fourth-order valence-corrected chi connectivity index (χ4v) is 2.04. The molecule has 2 aromatic rings. The molecule has 0 unspecified atom stereocenters. The van der Waals surface area contributed by atoms with Crippen molar-refractivity contribution in [2.45, 2.75) is 20.5 Å². The van der Waals surface area contributed by atoms with Gasteiger partial charge in [-0.2, -0.15) is 4.98 Å². The van der Waals surface area contributed by atoms with E-state index in [1.165, 1.54) is 0 Å². The Bertz CT molecular complexity index is 596. The van der Waals surface area contributed by atoms with Crippen LogP contribution in [0.15, 0.2) is 28.7 Å². The van der Waals surface area contributed by atoms with E-state index in [-0.39, 0.29) is 0 Å². The van der Waals surface area contributed by atoms with E-state index in [0.717, 1.165) is 28.1 Å². The molecule has 0 atom stereocenters. The highest BCUT2D eigenvalue weighted by Crippen LogP contribution is 2.26. The lowest BCUT2D eigenvalue weighted by molar-refractivity contribution is 0.177. The van der Waals surface area contributed by atoms with E-state index in [2.05, 4.69) is 31.2 Å². The lowest BCUT2D eigenvalue weighted by atomic mass is 10.2. The van der Waals surface area contributed by atoms with E-state index in [4.69, 9.17) is 9.47 Å². The van der Waals surface area contributed by atoms with Crippen molar-refractivity contribution in [3.63, 3.8) is 0 Å². The number of ether oxygens (including phenoxy) is 2. The van der Waals surface area contributed by atoms with Gasteiger partial charge in [0.2, 0.25) is 5.88 Å². The maximum atomic E-state index is 5.82. The first-order valence-corrected chi connectivity index (χ1v) is 7.46. The average Bonchev–Trinajstić information content (AvgIpc) is 2.43. The number of benzene rings is 1. The third-order valence-electron chi connectivity index (χ3n) is 2.73. The monoisotopic (exact) mass is 351 g/mol. The Morgan fingerprint density at radius 3 is 2.71 bits per heavy atom. The van der Waals surface area contributed by atoms with E-state index in [1.54, 1.807) is 13.2 Å². The second-order valence-corrected chi connectivity index (χ2v) is 5.34. The van der Waals surface area contributed by atoms with Crippen molar-refractivity contribution in [3.05, 3.63) is 40.1 Å². The molecular weight excluding hydrogens is 334 g/mol. The highest BCUT2D eigenvalue weighted by Gasteiger charge is 2.07. The van der Waals surface area contributed by atoms with Gasteiger partial charge in [0, 0.05) is 24.2 Å². The summed E-state index contributed by atoms with van der Waals surface area (Å²) in [6.07, 6.45) is 0. The predicted octanol–water partition coefficient (Wildman–Crippen LogP) is 3.92. The Balaban J connectivity index is 2.26. The number of halogens is 1. The van der Waals surface area contributed by atoms with Gasteiger partial charge < -0.3 is 14.8 Å². The smallest absolute Gasteiger partial charge is 0.224 e. The molecular formula is C15H18BrN3O2. The van der Waals surface area contributed by atoms with Gasteiger partial charge in [0.05, 0.1) is 0 Å². The molecule has 1 aromatic carbocycles. The number of hydrogen-bond acceptors (Lipinski definition) is 5. The largest absolute Gasteiger partial charge is 0.439 e. The minimum atomic E-state index is 0.342. The SMILES string of the molecule is CCNc1cc(Oc2ccc(Br)c(C)c2)nc(COC)n1. The Morgan fingerprint density at radius 1 is 1.24 bits per heavy atom. The summed E-state index contributed by atoms with van der Waals surface area (Å²) in [7, 11) is 1.61. The van der Waals surface area contributed by atoms with Crippen LogP contribution in [0.2, 0.25) is 0 Å². The maximum Gasteiger partial charge on any atom is 0.224 e. The third kappa shape index (κ3) is 4.41. The molecule has 0 aliphatic heterocycles. The standard InChI is InChI=1S/C15H18BrN3O2/c1-4-17-13-8-15(19-14(18-13)9-20-3)21-11-5-6-12(16)10(2)7-11/h5-8H,4,9H2,1-3H3,(H,17,18,19). The van der Waals surface area contributed by atoms with E-state index in [0.29, 0.717) is 18.3 Å². The molecule has 0 radical (unpaired) electrons. The third-order valence-corrected chi connectivity index (χ3v) is 3.62. The molecule has 0 saturated heterocycles. The Kier molecular flexibility index (Phi) is 5.52. The van der Waals surface area contributed by atoms with Crippen molar-refractivity contribution in [2.75, 3.05) is 19.0 Å². The van der Waals surface area contributed by atoms with E-state index in [1.807, 2.05) is 32.0 Å². The van der Waals surface area contributed by atoms with Crippen molar-refractivity contribution in [2.24, 2.45) is 0 Å². The van der Waals surface area contributed by atoms with Crippen molar-refractivity contribution in [3.8, 4) is 11.6 Å². The highest BCUT2D eigenvalue weighted by atomic mass is 79.9. The first-order valence-electron chi connectivity index (χ1n) is 6.67. The Labute approximate surface area is 132 Å². The molecule has 112 valence electrons. The second kappa shape index (κ2) is 7.38. The van der Waals surface area contributed by atoms with Crippen molar-refractivity contribution in [1.29, 1.82) is 0 Å². The zero-order valence-electron chi connectivity index (χ0n) is 12.3. The molecule has 1 heterocycles. The molecule has 21 heavy (non-hydrogen) atoms. The number of nitrogens with one attached hydrogen (secondary N) is 1. The summed E-state index contributed by atoms with van der Waals surface area (Å²) in [4.78, 5) is 8.69. The summed E-state index contributed by atoms with van der Waals surface area (Å²) in [6, 6.07) is 7.57. The zero-order chi connectivity index (χ0) is 15.2. The number of aromatic nitrogens is 2. The van der Waals surface area contributed by atoms with Crippen LogP contribution in [0, 0.1) is 6.92 Å². The summed E-state index contributed by atoms with van der Waals surface area (Å²) in [5.74, 6) is 2.54. The van der Waals surface area contributed by atoms with Crippen LogP contribution >= 0.6 is 15.9 Å². The van der Waals surface area contributed by atoms with Gasteiger partial charge in [0.1, 0.15) is 18.2 Å². The molecule has 0 bridgehead atoms. The van der Waals surface area contributed by atoms with Gasteiger partial charge in [-0.25, -0.2) is 4.98 Å². The number of rotatable bonds is 6. The topological polar surface area (TPSA) is 56.3 Å². The van der Waals surface area contributed by atoms with Gasteiger partial charge >= 0.3 is 0 Å². The lowest BCUT2D eigenvalue weighted by Crippen LogP contribution is -2.05. The van der Waals surface area contributed by atoms with Crippen LogP contribution in [0.25, 0.3) is 0 Å². The molecule has 0 saturated carbocycles. The van der Waals surface area contributed by atoms with Crippen LogP contribution in [0.5, 0.6) is 11.6 Å². The molecule has 2 rings (SSSR count). The van der Waals surface area contributed by atoms with Gasteiger partial charge in [-0.15, -0.1) is 0 Å². The van der Waals surface area contributed by atoms with Gasteiger partial charge in [-0.3, -0.25) is 0 Å². The second-order valence-electron chi connectivity index (χ2n) is 4.48. The lowest BCUT2D eigenvalue weighted by Gasteiger charge is -2.10. The summed E-state index contributed by atoms with van der Waals surface area (Å²) < 4.78 is 12.0. The summed E-state index contributed by atoms with van der Waals surface area (Å²) in [5, 5.41) is 3.16. The maximum absolute atomic E-state index is 5.82. The van der Waals surface area contributed by atoms with Crippen LogP contribution in [0.3, 0.4) is 0 Å². The number of methoxy groups -OCH3 is 1. The van der Waals surface area contributed by atoms with Crippen LogP contribution in [-0.2, 0) is 11.3 Å². The fraction of sp³-hybridized carbons (Fsp3) is 0.333. The first-order chi connectivity index (χ1) is 10.1. The predicted molar refractivity (Wildman–Crippen MR) is 85.9 cm³/mol. The van der Waals surface area contributed by atoms with E-state index >= 15 is 0 Å². The molecule has 0 amide bonds. The van der Waals surface area contributed by atoms with Gasteiger partial charge in [0.25, 0.3) is 0 Å². The van der Waals surface area contributed by atoms with Crippen LogP contribution in [-0.4, -0.2) is 23.6 Å². The molecule has 0 aliphatic rings. The van der Waals surface area contributed by atoms with Crippen molar-refractivity contribution < 1.29 is 9.47 Å². The molecule has 6 heteroatoms. The van der Waals surface area contributed by atoms with E-state index < -0.39 is 0 Å². The average molecular weight is 352 g/mol. The highest BCUT2D eigenvalue weighted by molar-refractivity contribution is 9.10. The molecule has 0 fully saturated rings. The number of hydrogen-bond donors (Lipinski definition) is 1. The van der Waals surface area contributed by atoms with Crippen molar-refractivity contribution >= 4 is 21.7 Å². The summed E-state index contributed by atoms with van der Waals surface area (Å²) in [6.45, 7) is 5.14. The van der Waals surface area contributed by atoms with Crippen LogP contribution < -0.4 is 10.1 Å². The molecule has 1 aromatic heterocycles. The normalized spacial score (nSPS) is 10.5. The molecule has 1 N–H and O–H groups in total. The van der Waals surface area contributed by atoms with Gasteiger partial charge in [-0.05, 0) is 37.6 Å². The fourth-order valence-electron chi connectivity index (χ4n) is 1.79. The summed E-state index contributed by atoms with van der Waals surface area (Å²) >= 11 is 3.47. The van der Waals surface area contributed by atoms with Crippen LogP contribution in [0.4, 0.5) is 5.82 Å². The number of aryl methyl sites for hydroxylation is 1. The quantitative estimate of drug-likeness (QED) is 0.854. The molecule has 0 aliphatic carbocycles. The first kappa shape index (κ1) is 15.7. The summed E-state index contributed by atoms with van der Waals surface area (Å²) in [5.41, 5.74) is 1.10. The van der Waals surface area contributed by atoms with Crippen LogP contribution in [0.1, 0.15) is 18.3 Å². The van der Waals surface area contributed by atoms with Gasteiger partial charge in [-0.1, -0.05) is 15.9 Å². The zero-order valence-corrected chi connectivity index (χ0v) is 13.9. The van der Waals surface area contributed by atoms with Gasteiger partial charge in [0.15, 0.2) is 5.82 Å². The van der Waals surface area contributed by atoms with Crippen molar-refractivity contribution in [1.82, 2.24) is 9.97 Å². The number of anilines is 1. The Morgan fingerprint density at radius 2 is 2.05 bits per heavy atom. The minimum Gasteiger partial charge on any atom is -0.439 e. The molecule has 5 nitrogen and oxygen atoms in total. The minimum absolute atomic E-state index is 0.342.